The van der Waals surface area contributed by atoms with E-state index in [9.17, 15) is 44.6 Å². The number of phosphoric acid groups is 1. The van der Waals surface area contributed by atoms with Crippen molar-refractivity contribution in [1.29, 1.82) is 0 Å². The molecule has 0 spiro atoms. The number of phosphoric ester groups is 1. The van der Waals surface area contributed by atoms with Crippen LogP contribution in [-0.4, -0.2) is 98.3 Å². The van der Waals surface area contributed by atoms with Gasteiger partial charge in [0.1, 0.15) is 43.2 Å². The van der Waals surface area contributed by atoms with Crippen molar-refractivity contribution >= 4 is 19.8 Å². The average Bonchev–Trinajstić information content (AvgIpc) is 3.26. The zero-order valence-corrected chi connectivity index (χ0v) is 39.8. The molecule has 0 aromatic rings. The van der Waals surface area contributed by atoms with Crippen LogP contribution in [0.2, 0.25) is 0 Å². The monoisotopic (exact) mass is 915 g/mol. The van der Waals surface area contributed by atoms with Crippen LogP contribution in [0.4, 0.5) is 0 Å². The van der Waals surface area contributed by atoms with E-state index in [1.165, 1.54) is 77.0 Å². The Hall–Kier alpha value is -2.19. The molecule has 366 valence electrons. The highest BCUT2D eigenvalue weighted by Crippen LogP contribution is 2.47. The summed E-state index contributed by atoms with van der Waals surface area (Å²) in [4.78, 5) is 35.8. The number of carbonyl (C=O) groups excluding carboxylic acids is 2. The number of unbranched alkanes of at least 4 members (excludes halogenated alkanes) is 20. The molecule has 0 aromatic carbocycles. The number of aliphatic hydroxyl groups is 5. The largest absolute Gasteiger partial charge is 0.472 e. The fourth-order valence-corrected chi connectivity index (χ4v) is 8.14. The summed E-state index contributed by atoms with van der Waals surface area (Å²) in [6.07, 6.45) is 33.0. The second-order valence-corrected chi connectivity index (χ2v) is 18.4. The quantitative estimate of drug-likeness (QED) is 0.0147. The van der Waals surface area contributed by atoms with Crippen molar-refractivity contribution in [2.45, 2.75) is 236 Å². The number of aliphatic hydroxyl groups excluding tert-OH is 5. The lowest BCUT2D eigenvalue weighted by atomic mass is 9.85. The molecule has 13 nitrogen and oxygen atoms in total. The van der Waals surface area contributed by atoms with E-state index < -0.39 is 75.7 Å². The van der Waals surface area contributed by atoms with Crippen LogP contribution in [0.3, 0.4) is 0 Å². The molecule has 0 aromatic heterocycles. The highest BCUT2D eigenvalue weighted by atomic mass is 31.2. The van der Waals surface area contributed by atoms with Gasteiger partial charge in [-0.1, -0.05) is 152 Å². The van der Waals surface area contributed by atoms with Crippen LogP contribution in [-0.2, 0) is 32.7 Å². The molecule has 1 saturated carbocycles. The van der Waals surface area contributed by atoms with Crippen LogP contribution < -0.4 is 0 Å². The van der Waals surface area contributed by atoms with Crippen molar-refractivity contribution in [3.63, 3.8) is 0 Å². The van der Waals surface area contributed by atoms with Gasteiger partial charge in [0.05, 0.1) is 6.61 Å². The van der Waals surface area contributed by atoms with Gasteiger partial charge in [-0.05, 0) is 77.0 Å². The summed E-state index contributed by atoms with van der Waals surface area (Å²) in [5, 5.41) is 50.2. The van der Waals surface area contributed by atoms with Gasteiger partial charge in [0, 0.05) is 12.8 Å². The predicted molar refractivity (Wildman–Crippen MR) is 249 cm³/mol. The molecule has 1 aliphatic rings. The van der Waals surface area contributed by atoms with Crippen molar-refractivity contribution in [3.8, 4) is 0 Å². The Labute approximate surface area is 380 Å². The smallest absolute Gasteiger partial charge is 0.462 e. The summed E-state index contributed by atoms with van der Waals surface area (Å²) in [6.45, 7) is 3.25. The molecule has 0 heterocycles. The molecule has 0 aliphatic heterocycles. The standard InChI is InChI=1S/C49H87O13P/c1-3-5-7-9-11-13-15-17-19-21-23-25-27-29-31-33-35-37-42(50)59-39-41(40-60-63(57,58)62-49-47(55)45(53)44(52)46(54)48(49)56)61-43(51)38-36-34-32-30-28-26-24-22-20-18-16-14-12-10-8-6-4-2/h12,14,17-20,24,26,41,44-49,52-56H,3-11,13,15-16,21-23,25,27-40H2,1-2H3,(H,57,58)/b14-12+,19-17+,20-18+,26-24+/t41-,44?,45-,46?,47?,48?,49?/m0/s1. The number of esters is 2. The minimum absolute atomic E-state index is 0.0694. The first kappa shape index (κ1) is 58.8. The van der Waals surface area contributed by atoms with E-state index in [2.05, 4.69) is 62.5 Å². The van der Waals surface area contributed by atoms with E-state index in [1.807, 2.05) is 0 Å². The van der Waals surface area contributed by atoms with Gasteiger partial charge in [-0.15, -0.1) is 0 Å². The second kappa shape index (κ2) is 39.0. The topological polar surface area (TPSA) is 210 Å². The third-order valence-corrected chi connectivity index (χ3v) is 12.1. The fraction of sp³-hybridized carbons (Fsp3) is 0.796. The van der Waals surface area contributed by atoms with Crippen LogP contribution >= 0.6 is 7.82 Å². The molecule has 0 amide bonds. The number of carbonyl (C=O) groups is 2. The summed E-state index contributed by atoms with van der Waals surface area (Å²) < 4.78 is 33.6. The Morgan fingerprint density at radius 1 is 0.492 bits per heavy atom. The minimum atomic E-state index is -5.13. The van der Waals surface area contributed by atoms with Crippen molar-refractivity contribution < 1.29 is 63.1 Å². The van der Waals surface area contributed by atoms with Gasteiger partial charge in [0.25, 0.3) is 0 Å². The van der Waals surface area contributed by atoms with Crippen LogP contribution in [0.25, 0.3) is 0 Å². The molecule has 0 saturated heterocycles. The van der Waals surface area contributed by atoms with E-state index in [0.29, 0.717) is 12.8 Å². The molecule has 14 heteroatoms. The summed E-state index contributed by atoms with van der Waals surface area (Å²) in [5.41, 5.74) is 0. The number of rotatable bonds is 40. The lowest BCUT2D eigenvalue weighted by Crippen LogP contribution is -2.64. The van der Waals surface area contributed by atoms with Crippen molar-refractivity contribution in [2.24, 2.45) is 0 Å². The Bertz CT molecular complexity index is 1290. The summed E-state index contributed by atoms with van der Waals surface area (Å²) in [6, 6.07) is 0. The number of allylic oxidation sites excluding steroid dienone is 8. The van der Waals surface area contributed by atoms with Crippen molar-refractivity contribution in [2.75, 3.05) is 13.2 Å². The lowest BCUT2D eigenvalue weighted by Gasteiger charge is -2.41. The highest BCUT2D eigenvalue weighted by Gasteiger charge is 2.51. The first-order valence-corrected chi connectivity index (χ1v) is 25.9. The van der Waals surface area contributed by atoms with E-state index in [4.69, 9.17) is 18.5 Å². The molecular formula is C49H87O13P. The zero-order valence-electron chi connectivity index (χ0n) is 38.9. The summed E-state index contributed by atoms with van der Waals surface area (Å²) >= 11 is 0. The van der Waals surface area contributed by atoms with E-state index in [0.717, 1.165) is 77.0 Å². The van der Waals surface area contributed by atoms with Gasteiger partial charge in [-0.2, -0.15) is 0 Å². The lowest BCUT2D eigenvalue weighted by molar-refractivity contribution is -0.220. The first-order valence-electron chi connectivity index (χ1n) is 24.4. The summed E-state index contributed by atoms with van der Waals surface area (Å²) in [5.74, 6) is -1.13. The third kappa shape index (κ3) is 31.4. The molecule has 8 atom stereocenters. The number of hydrogen-bond donors (Lipinski definition) is 6. The zero-order chi connectivity index (χ0) is 46.4. The molecular weight excluding hydrogens is 828 g/mol. The molecule has 63 heavy (non-hydrogen) atoms. The van der Waals surface area contributed by atoms with Gasteiger partial charge in [-0.25, -0.2) is 4.57 Å². The highest BCUT2D eigenvalue weighted by molar-refractivity contribution is 7.47. The Morgan fingerprint density at radius 2 is 0.857 bits per heavy atom. The maximum absolute atomic E-state index is 12.8. The van der Waals surface area contributed by atoms with Crippen LogP contribution in [0.5, 0.6) is 0 Å². The molecule has 1 aliphatic carbocycles. The second-order valence-electron chi connectivity index (χ2n) is 17.0. The molecule has 1 fully saturated rings. The summed E-state index contributed by atoms with van der Waals surface area (Å²) in [7, 11) is -5.13. The van der Waals surface area contributed by atoms with Gasteiger partial charge in [-0.3, -0.25) is 18.6 Å². The van der Waals surface area contributed by atoms with Crippen LogP contribution in [0.1, 0.15) is 194 Å². The average molecular weight is 915 g/mol. The van der Waals surface area contributed by atoms with E-state index >= 15 is 0 Å². The Balaban J connectivity index is 2.46. The Morgan fingerprint density at radius 3 is 1.35 bits per heavy atom. The van der Waals surface area contributed by atoms with Gasteiger partial charge in [0.2, 0.25) is 0 Å². The first-order chi connectivity index (χ1) is 30.4. The molecule has 6 unspecified atom stereocenters. The van der Waals surface area contributed by atoms with Crippen molar-refractivity contribution in [1.82, 2.24) is 0 Å². The maximum atomic E-state index is 12.8. The van der Waals surface area contributed by atoms with Gasteiger partial charge in [0.15, 0.2) is 6.10 Å². The van der Waals surface area contributed by atoms with Gasteiger partial charge < -0.3 is 39.9 Å². The molecule has 1 rings (SSSR count). The van der Waals surface area contributed by atoms with Crippen LogP contribution in [0, 0.1) is 0 Å². The SMILES string of the molecule is CCCCC/C=C/C/C=C/C/C=C/CCCCCCC(=O)O[C@@H](COC(=O)CCCCCCCCC/C=C/CCCCCCCC)COP(=O)(O)OC1C(O)C(O)C(O)[C@H](O)C1O. The normalized spacial score (nSPS) is 22.1. The van der Waals surface area contributed by atoms with Gasteiger partial charge >= 0.3 is 19.8 Å². The van der Waals surface area contributed by atoms with E-state index in [-0.39, 0.29) is 12.8 Å². The van der Waals surface area contributed by atoms with Crippen molar-refractivity contribution in [3.05, 3.63) is 48.6 Å². The third-order valence-electron chi connectivity index (χ3n) is 11.1. The maximum Gasteiger partial charge on any atom is 0.472 e. The fourth-order valence-electron chi connectivity index (χ4n) is 7.17. The van der Waals surface area contributed by atoms with E-state index in [1.54, 1.807) is 0 Å². The Kier molecular flexibility index (Phi) is 36.4. The molecule has 0 radical (unpaired) electrons. The number of hydrogen-bond acceptors (Lipinski definition) is 12. The predicted octanol–water partition coefficient (Wildman–Crippen LogP) is 9.95. The van der Waals surface area contributed by atoms with Crippen LogP contribution in [0.15, 0.2) is 48.6 Å². The molecule has 6 N–H and O–H groups in total. The molecule has 0 bridgehead atoms. The minimum Gasteiger partial charge on any atom is -0.462 e. The number of ether oxygens (including phenoxy) is 2.